The lowest BCUT2D eigenvalue weighted by molar-refractivity contribution is 0.507. The molecule has 0 aliphatic heterocycles. The Bertz CT molecular complexity index is 598. The van der Waals surface area contributed by atoms with E-state index >= 15 is 0 Å². The van der Waals surface area contributed by atoms with Gasteiger partial charge in [-0.1, -0.05) is 15.9 Å². The van der Waals surface area contributed by atoms with Crippen molar-refractivity contribution in [1.29, 1.82) is 0 Å². The summed E-state index contributed by atoms with van der Waals surface area (Å²) in [4.78, 5) is 4.12. The molecule has 3 nitrogen and oxygen atoms in total. The van der Waals surface area contributed by atoms with Crippen LogP contribution in [0.3, 0.4) is 0 Å². The van der Waals surface area contributed by atoms with E-state index in [4.69, 9.17) is 0 Å². The third-order valence-corrected chi connectivity index (χ3v) is 3.61. The van der Waals surface area contributed by atoms with E-state index in [9.17, 15) is 8.78 Å². The molecule has 0 spiro atoms. The maximum atomic E-state index is 13.5. The summed E-state index contributed by atoms with van der Waals surface area (Å²) >= 11 is 4.51. The third-order valence-electron chi connectivity index (χ3n) is 2.05. The summed E-state index contributed by atoms with van der Waals surface area (Å²) in [5.41, 5.74) is 3.58. The Balaban J connectivity index is 2.16. The maximum absolute atomic E-state index is 13.5. The number of rotatable bonds is 3. The van der Waals surface area contributed by atoms with Gasteiger partial charge < -0.3 is 0 Å². The fourth-order valence-corrected chi connectivity index (χ4v) is 2.26. The molecule has 0 fully saturated rings. The van der Waals surface area contributed by atoms with Gasteiger partial charge in [-0.25, -0.2) is 13.8 Å². The Hall–Kier alpha value is -1.34. The molecule has 94 valence electrons. The molecule has 1 aromatic heterocycles. The van der Waals surface area contributed by atoms with Crippen LogP contribution in [-0.2, 0) is 0 Å². The first kappa shape index (κ1) is 13.1. The number of hydrogen-bond acceptors (Lipinski definition) is 4. The molecule has 2 aromatic rings. The van der Waals surface area contributed by atoms with Crippen LogP contribution in [0.2, 0.25) is 0 Å². The van der Waals surface area contributed by atoms with Gasteiger partial charge in [0.05, 0.1) is 11.9 Å². The molecule has 0 radical (unpaired) electrons. The number of thiazole rings is 1. The molecule has 1 aromatic carbocycles. The topological polar surface area (TPSA) is 37.3 Å². The second-order valence-electron chi connectivity index (χ2n) is 3.42. The van der Waals surface area contributed by atoms with Crippen molar-refractivity contribution in [2.24, 2.45) is 5.10 Å². The summed E-state index contributed by atoms with van der Waals surface area (Å²) in [6.45, 7) is 1.86. The largest absolute Gasteiger partial charge is 0.253 e. The quantitative estimate of drug-likeness (QED) is 0.525. The Morgan fingerprint density at radius 3 is 2.89 bits per heavy atom. The first-order chi connectivity index (χ1) is 8.58. The second-order valence-corrected chi connectivity index (χ2v) is 5.13. The van der Waals surface area contributed by atoms with Crippen molar-refractivity contribution >= 4 is 38.6 Å². The van der Waals surface area contributed by atoms with Crippen molar-refractivity contribution < 1.29 is 8.78 Å². The number of benzene rings is 1. The van der Waals surface area contributed by atoms with E-state index in [1.807, 2.05) is 12.3 Å². The lowest BCUT2D eigenvalue weighted by Gasteiger charge is -2.01. The molecule has 0 saturated carbocycles. The van der Waals surface area contributed by atoms with Gasteiger partial charge in [0.15, 0.2) is 11.6 Å². The van der Waals surface area contributed by atoms with Gasteiger partial charge >= 0.3 is 0 Å². The minimum Gasteiger partial charge on any atom is -0.253 e. The summed E-state index contributed by atoms with van der Waals surface area (Å²) in [5.74, 6) is -1.85. The van der Waals surface area contributed by atoms with E-state index in [1.54, 1.807) is 0 Å². The highest BCUT2D eigenvalue weighted by atomic mass is 79.9. The zero-order valence-corrected chi connectivity index (χ0v) is 11.6. The summed E-state index contributed by atoms with van der Waals surface area (Å²) in [7, 11) is 0. The highest BCUT2D eigenvalue weighted by molar-refractivity contribution is 9.10. The SMILES string of the molecule is Cc1csc(NN=Cc2c(Br)ccc(F)c2F)n1. The lowest BCUT2D eigenvalue weighted by atomic mass is 10.2. The highest BCUT2D eigenvalue weighted by Crippen LogP contribution is 2.20. The Labute approximate surface area is 115 Å². The smallest absolute Gasteiger partial charge is 0.203 e. The van der Waals surface area contributed by atoms with Crippen LogP contribution >= 0.6 is 27.3 Å². The van der Waals surface area contributed by atoms with Gasteiger partial charge in [0.2, 0.25) is 5.13 Å². The molecule has 2 rings (SSSR count). The number of anilines is 1. The molecule has 1 N–H and O–H groups in total. The fourth-order valence-electron chi connectivity index (χ4n) is 1.22. The molecular formula is C11H8BrF2N3S. The van der Waals surface area contributed by atoms with Crippen molar-refractivity contribution in [3.8, 4) is 0 Å². The van der Waals surface area contributed by atoms with Crippen molar-refractivity contribution in [2.45, 2.75) is 6.92 Å². The number of nitrogens with zero attached hydrogens (tertiary/aromatic N) is 2. The number of halogens is 3. The van der Waals surface area contributed by atoms with Crippen molar-refractivity contribution in [2.75, 3.05) is 5.43 Å². The molecule has 0 atom stereocenters. The molecule has 0 amide bonds. The Morgan fingerprint density at radius 2 is 2.22 bits per heavy atom. The van der Waals surface area contributed by atoms with Gasteiger partial charge in [0.1, 0.15) is 0 Å². The average Bonchev–Trinajstić information content (AvgIpc) is 2.74. The molecule has 7 heteroatoms. The van der Waals surface area contributed by atoms with Crippen LogP contribution in [0.5, 0.6) is 0 Å². The second kappa shape index (κ2) is 5.53. The molecule has 0 unspecified atom stereocenters. The van der Waals surface area contributed by atoms with Crippen LogP contribution in [0.15, 0.2) is 27.1 Å². The Morgan fingerprint density at radius 1 is 1.44 bits per heavy atom. The minimum absolute atomic E-state index is 0.0516. The fraction of sp³-hybridized carbons (Fsp3) is 0.0909. The zero-order valence-electron chi connectivity index (χ0n) is 9.25. The van der Waals surface area contributed by atoms with Crippen LogP contribution in [-0.4, -0.2) is 11.2 Å². The zero-order chi connectivity index (χ0) is 13.1. The van der Waals surface area contributed by atoms with Crippen molar-refractivity contribution in [3.05, 3.63) is 44.9 Å². The number of hydrazone groups is 1. The molecule has 0 bridgehead atoms. The summed E-state index contributed by atoms with van der Waals surface area (Å²) in [6, 6.07) is 2.47. The monoisotopic (exact) mass is 331 g/mol. The normalized spacial score (nSPS) is 11.1. The molecule has 18 heavy (non-hydrogen) atoms. The van der Waals surface area contributed by atoms with Crippen LogP contribution in [0.1, 0.15) is 11.3 Å². The predicted octanol–water partition coefficient (Wildman–Crippen LogP) is 3.94. The van der Waals surface area contributed by atoms with Crippen molar-refractivity contribution in [3.63, 3.8) is 0 Å². The van der Waals surface area contributed by atoms with Gasteiger partial charge in [-0.05, 0) is 19.1 Å². The van der Waals surface area contributed by atoms with E-state index in [2.05, 4.69) is 31.4 Å². The van der Waals surface area contributed by atoms with Gasteiger partial charge in [-0.15, -0.1) is 11.3 Å². The van der Waals surface area contributed by atoms with Crippen LogP contribution in [0.25, 0.3) is 0 Å². The predicted molar refractivity (Wildman–Crippen MR) is 72.1 cm³/mol. The van der Waals surface area contributed by atoms with Gasteiger partial charge in [-0.3, -0.25) is 5.43 Å². The van der Waals surface area contributed by atoms with Crippen molar-refractivity contribution in [1.82, 2.24) is 4.98 Å². The molecule has 0 aliphatic rings. The maximum Gasteiger partial charge on any atom is 0.203 e. The summed E-state index contributed by atoms with van der Waals surface area (Å²) < 4.78 is 26.9. The molecule has 0 aliphatic carbocycles. The number of hydrogen-bond donors (Lipinski definition) is 1. The first-order valence-corrected chi connectivity index (χ1v) is 6.60. The van der Waals surface area contributed by atoms with Gasteiger partial charge in [0.25, 0.3) is 0 Å². The van der Waals surface area contributed by atoms with Gasteiger partial charge in [-0.2, -0.15) is 5.10 Å². The molecular weight excluding hydrogens is 324 g/mol. The standard InChI is InChI=1S/C11H8BrF2N3S/c1-6-5-18-11(16-6)17-15-4-7-8(12)2-3-9(13)10(7)14/h2-5H,1H3,(H,16,17). The summed E-state index contributed by atoms with van der Waals surface area (Å²) in [6.07, 6.45) is 1.21. The number of nitrogens with one attached hydrogen (secondary N) is 1. The summed E-state index contributed by atoms with van der Waals surface area (Å²) in [5, 5.41) is 6.28. The van der Waals surface area contributed by atoms with E-state index in [-0.39, 0.29) is 5.56 Å². The molecule has 1 heterocycles. The highest BCUT2D eigenvalue weighted by Gasteiger charge is 2.09. The minimum atomic E-state index is -0.940. The molecule has 0 saturated heterocycles. The number of aromatic nitrogens is 1. The average molecular weight is 332 g/mol. The number of aryl methyl sites for hydroxylation is 1. The van der Waals surface area contributed by atoms with Gasteiger partial charge in [0, 0.05) is 15.4 Å². The van der Waals surface area contributed by atoms with Crippen LogP contribution in [0, 0.1) is 18.6 Å². The van der Waals surface area contributed by atoms with E-state index in [1.165, 1.54) is 23.6 Å². The first-order valence-electron chi connectivity index (χ1n) is 4.92. The Kier molecular flexibility index (Phi) is 4.03. The lowest BCUT2D eigenvalue weighted by Crippen LogP contribution is -1.97. The van der Waals surface area contributed by atoms with E-state index < -0.39 is 11.6 Å². The van der Waals surface area contributed by atoms with Crippen LogP contribution < -0.4 is 5.43 Å². The third kappa shape index (κ3) is 2.91. The van der Waals surface area contributed by atoms with Crippen LogP contribution in [0.4, 0.5) is 13.9 Å². The van der Waals surface area contributed by atoms with E-state index in [0.29, 0.717) is 9.60 Å². The van der Waals surface area contributed by atoms with E-state index in [0.717, 1.165) is 11.8 Å².